The molecule has 0 bridgehead atoms. The molecule has 7 heteroatoms. The Kier molecular flexibility index (Phi) is 5.93. The number of amides is 3. The number of anilines is 1. The number of carbonyl (C=O) groups is 3. The summed E-state index contributed by atoms with van der Waals surface area (Å²) in [6.07, 6.45) is 1.67. The van der Waals surface area contributed by atoms with E-state index < -0.39 is 0 Å². The number of rotatable bonds is 6. The van der Waals surface area contributed by atoms with Crippen LogP contribution in [0.5, 0.6) is 5.75 Å². The molecular formula is C20H18N2O4S. The second-order valence-corrected chi connectivity index (χ2v) is 6.69. The highest BCUT2D eigenvalue weighted by Crippen LogP contribution is 2.32. The van der Waals surface area contributed by atoms with E-state index in [9.17, 15) is 14.4 Å². The van der Waals surface area contributed by atoms with Crippen molar-refractivity contribution in [2.75, 3.05) is 18.5 Å². The van der Waals surface area contributed by atoms with E-state index in [2.05, 4.69) is 5.32 Å². The second kappa shape index (κ2) is 8.55. The van der Waals surface area contributed by atoms with Gasteiger partial charge in [-0.25, -0.2) is 0 Å². The van der Waals surface area contributed by atoms with Crippen LogP contribution >= 0.6 is 11.8 Å². The average Bonchev–Trinajstić information content (AvgIpc) is 2.94. The molecule has 1 aliphatic rings. The Morgan fingerprint density at radius 2 is 1.81 bits per heavy atom. The highest BCUT2D eigenvalue weighted by molar-refractivity contribution is 8.18. The highest BCUT2D eigenvalue weighted by atomic mass is 32.2. The lowest BCUT2D eigenvalue weighted by molar-refractivity contribution is -0.122. The maximum absolute atomic E-state index is 12.1. The molecule has 27 heavy (non-hydrogen) atoms. The average molecular weight is 382 g/mol. The third kappa shape index (κ3) is 4.77. The molecule has 1 N–H and O–H groups in total. The van der Waals surface area contributed by atoms with Gasteiger partial charge >= 0.3 is 0 Å². The van der Waals surface area contributed by atoms with Gasteiger partial charge in [0.1, 0.15) is 5.75 Å². The van der Waals surface area contributed by atoms with E-state index in [1.807, 2.05) is 18.2 Å². The van der Waals surface area contributed by atoms with Crippen molar-refractivity contribution >= 4 is 40.6 Å². The van der Waals surface area contributed by atoms with Gasteiger partial charge in [-0.2, -0.15) is 0 Å². The first-order valence-electron chi connectivity index (χ1n) is 8.40. The van der Waals surface area contributed by atoms with Crippen LogP contribution in [0.3, 0.4) is 0 Å². The van der Waals surface area contributed by atoms with Crippen LogP contribution in [0.25, 0.3) is 6.08 Å². The predicted octanol–water partition coefficient (Wildman–Crippen LogP) is 3.76. The van der Waals surface area contributed by atoms with Gasteiger partial charge in [0.05, 0.1) is 4.91 Å². The number of likely N-dealkylation sites (N-methyl/N-ethyl adjacent to an activating group) is 1. The summed E-state index contributed by atoms with van der Waals surface area (Å²) in [7, 11) is 0. The Hall–Kier alpha value is -3.06. The van der Waals surface area contributed by atoms with Gasteiger partial charge in [-0.05, 0) is 54.6 Å². The molecule has 0 atom stereocenters. The normalized spacial score (nSPS) is 15.3. The van der Waals surface area contributed by atoms with Crippen LogP contribution in [0.15, 0.2) is 59.5 Å². The van der Waals surface area contributed by atoms with Crippen LogP contribution in [0.2, 0.25) is 0 Å². The van der Waals surface area contributed by atoms with Crippen LogP contribution < -0.4 is 10.1 Å². The van der Waals surface area contributed by atoms with E-state index in [0.717, 1.165) is 17.3 Å². The van der Waals surface area contributed by atoms with E-state index in [1.165, 1.54) is 4.90 Å². The zero-order valence-electron chi connectivity index (χ0n) is 14.7. The molecule has 0 spiro atoms. The van der Waals surface area contributed by atoms with Crippen LogP contribution in [-0.2, 0) is 9.59 Å². The molecule has 0 aromatic heterocycles. The monoisotopic (exact) mass is 382 g/mol. The first kappa shape index (κ1) is 18.7. The van der Waals surface area contributed by atoms with Gasteiger partial charge in [0, 0.05) is 12.2 Å². The number of thioether (sulfide) groups is 1. The molecule has 3 rings (SSSR count). The summed E-state index contributed by atoms with van der Waals surface area (Å²) in [5.74, 6) is 0.0148. The van der Waals surface area contributed by atoms with Gasteiger partial charge in [-0.3, -0.25) is 19.3 Å². The summed E-state index contributed by atoms with van der Waals surface area (Å²) in [4.78, 5) is 37.3. The summed E-state index contributed by atoms with van der Waals surface area (Å²) in [6, 6.07) is 16.1. The van der Waals surface area contributed by atoms with E-state index in [-0.39, 0.29) is 23.7 Å². The molecule has 0 radical (unpaired) electrons. The summed E-state index contributed by atoms with van der Waals surface area (Å²) in [5, 5.41) is 2.49. The van der Waals surface area contributed by atoms with Gasteiger partial charge in [0.2, 0.25) is 0 Å². The van der Waals surface area contributed by atoms with Gasteiger partial charge in [0.25, 0.3) is 17.1 Å². The number of imide groups is 1. The Bertz CT molecular complexity index is 879. The van der Waals surface area contributed by atoms with Crippen molar-refractivity contribution in [2.24, 2.45) is 0 Å². The summed E-state index contributed by atoms with van der Waals surface area (Å²) in [6.45, 7) is 2.02. The van der Waals surface area contributed by atoms with Crippen LogP contribution in [0, 0.1) is 0 Å². The maximum atomic E-state index is 12.1. The molecule has 1 heterocycles. The zero-order chi connectivity index (χ0) is 19.2. The molecular weight excluding hydrogens is 364 g/mol. The van der Waals surface area contributed by atoms with Crippen molar-refractivity contribution < 1.29 is 19.1 Å². The molecule has 3 amide bonds. The van der Waals surface area contributed by atoms with Gasteiger partial charge in [-0.15, -0.1) is 0 Å². The third-order valence-corrected chi connectivity index (χ3v) is 4.70. The Morgan fingerprint density at radius 1 is 1.11 bits per heavy atom. The van der Waals surface area contributed by atoms with Crippen LogP contribution in [-0.4, -0.2) is 35.1 Å². The van der Waals surface area contributed by atoms with Gasteiger partial charge in [0.15, 0.2) is 6.61 Å². The predicted molar refractivity (Wildman–Crippen MR) is 105 cm³/mol. The molecule has 1 aliphatic heterocycles. The van der Waals surface area contributed by atoms with Crippen molar-refractivity contribution in [3.05, 3.63) is 65.1 Å². The van der Waals surface area contributed by atoms with Crippen LogP contribution in [0.4, 0.5) is 10.5 Å². The zero-order valence-corrected chi connectivity index (χ0v) is 15.5. The van der Waals surface area contributed by atoms with E-state index in [1.54, 1.807) is 49.4 Å². The van der Waals surface area contributed by atoms with Crippen molar-refractivity contribution in [1.82, 2.24) is 4.90 Å². The highest BCUT2D eigenvalue weighted by Gasteiger charge is 2.33. The number of nitrogens with one attached hydrogen (secondary N) is 1. The Labute approximate surface area is 161 Å². The standard InChI is InChI=1S/C20H18N2O4S/c1-2-22-19(24)17(27-20(22)25)12-14-8-10-16(11-9-14)26-13-18(23)21-15-6-4-3-5-7-15/h3-12H,2,13H2,1H3,(H,21,23)/b17-12+. The number of carbonyl (C=O) groups excluding carboxylic acids is 3. The molecule has 6 nitrogen and oxygen atoms in total. The van der Waals surface area contributed by atoms with Crippen molar-refractivity contribution in [3.8, 4) is 5.75 Å². The Morgan fingerprint density at radius 3 is 2.44 bits per heavy atom. The minimum absolute atomic E-state index is 0.108. The second-order valence-electron chi connectivity index (χ2n) is 5.70. The molecule has 1 fully saturated rings. The maximum Gasteiger partial charge on any atom is 0.293 e. The molecule has 2 aromatic carbocycles. The van der Waals surface area contributed by atoms with E-state index >= 15 is 0 Å². The first-order valence-corrected chi connectivity index (χ1v) is 9.21. The topological polar surface area (TPSA) is 75.7 Å². The summed E-state index contributed by atoms with van der Waals surface area (Å²) in [5.41, 5.74) is 1.49. The lowest BCUT2D eigenvalue weighted by Gasteiger charge is -2.08. The fourth-order valence-electron chi connectivity index (χ4n) is 2.45. The minimum Gasteiger partial charge on any atom is -0.484 e. The summed E-state index contributed by atoms with van der Waals surface area (Å²) < 4.78 is 5.47. The first-order chi connectivity index (χ1) is 13.1. The molecule has 2 aromatic rings. The van der Waals surface area contributed by atoms with Gasteiger partial charge < -0.3 is 10.1 Å². The fraction of sp³-hybridized carbons (Fsp3) is 0.150. The van der Waals surface area contributed by atoms with Crippen molar-refractivity contribution in [1.29, 1.82) is 0 Å². The number of benzene rings is 2. The number of hydrogen-bond donors (Lipinski definition) is 1. The Balaban J connectivity index is 1.56. The van der Waals surface area contributed by atoms with E-state index in [4.69, 9.17) is 4.74 Å². The lowest BCUT2D eigenvalue weighted by atomic mass is 10.2. The SMILES string of the molecule is CCN1C(=O)S/C(=C/c2ccc(OCC(=O)Nc3ccccc3)cc2)C1=O. The van der Waals surface area contributed by atoms with Crippen molar-refractivity contribution in [2.45, 2.75) is 6.92 Å². The quantitative estimate of drug-likeness (QED) is 0.770. The summed E-state index contributed by atoms with van der Waals surface area (Å²) >= 11 is 0.935. The fourth-order valence-corrected chi connectivity index (χ4v) is 3.35. The number of nitrogens with zero attached hydrogens (tertiary/aromatic N) is 1. The number of para-hydroxylation sites is 1. The number of hydrogen-bond acceptors (Lipinski definition) is 5. The molecule has 0 saturated carbocycles. The molecule has 1 saturated heterocycles. The smallest absolute Gasteiger partial charge is 0.293 e. The largest absolute Gasteiger partial charge is 0.484 e. The lowest BCUT2D eigenvalue weighted by Crippen LogP contribution is -2.27. The molecule has 0 aliphatic carbocycles. The molecule has 138 valence electrons. The third-order valence-electron chi connectivity index (χ3n) is 3.80. The van der Waals surface area contributed by atoms with Crippen molar-refractivity contribution in [3.63, 3.8) is 0 Å². The minimum atomic E-state index is -0.273. The van der Waals surface area contributed by atoms with Gasteiger partial charge in [-0.1, -0.05) is 30.3 Å². The molecule has 0 unspecified atom stereocenters. The van der Waals surface area contributed by atoms with E-state index in [0.29, 0.717) is 22.9 Å². The number of ether oxygens (including phenoxy) is 1. The van der Waals surface area contributed by atoms with Crippen LogP contribution in [0.1, 0.15) is 12.5 Å².